The zero-order valence-electron chi connectivity index (χ0n) is 19.0. The highest BCUT2D eigenvalue weighted by molar-refractivity contribution is 7.89. The van der Waals surface area contributed by atoms with Gasteiger partial charge in [-0.2, -0.15) is 0 Å². The Labute approximate surface area is 196 Å². The lowest BCUT2D eigenvalue weighted by molar-refractivity contribution is -0.132. The topological polar surface area (TPSA) is 79.0 Å². The number of aryl methyl sites for hydroxylation is 2. The largest absolute Gasteiger partial charge is 0.492 e. The number of piperazine rings is 1. The number of hydrogen-bond donors (Lipinski definition) is 1. The van der Waals surface area contributed by atoms with Crippen LogP contribution in [-0.4, -0.2) is 70.0 Å². The minimum atomic E-state index is -3.61. The van der Waals surface area contributed by atoms with Crippen LogP contribution in [0.2, 0.25) is 0 Å². The quantitative estimate of drug-likeness (QED) is 0.608. The van der Waals surface area contributed by atoms with Crippen LogP contribution in [0.15, 0.2) is 53.4 Å². The number of nitrogens with one attached hydrogen (secondary N) is 1. The standard InChI is InChI=1S/C25H33N3O4S/c29-25(28-16-14-27(15-17-28)18-19-32-23-8-2-1-3-9-23)12-13-26-33(30,31)24-11-10-21-6-4-5-7-22(21)20-24/h1-3,8-11,20,26H,4-7,12-19H2. The van der Waals surface area contributed by atoms with Crippen molar-refractivity contribution in [3.05, 3.63) is 59.7 Å². The van der Waals surface area contributed by atoms with Gasteiger partial charge in [0, 0.05) is 45.7 Å². The molecule has 8 heteroatoms. The van der Waals surface area contributed by atoms with Gasteiger partial charge in [0.2, 0.25) is 15.9 Å². The Morgan fingerprint density at radius 1 is 0.939 bits per heavy atom. The molecule has 1 N–H and O–H groups in total. The van der Waals surface area contributed by atoms with Gasteiger partial charge in [0.05, 0.1) is 4.90 Å². The Morgan fingerprint density at radius 3 is 2.42 bits per heavy atom. The minimum absolute atomic E-state index is 0.0108. The Morgan fingerprint density at radius 2 is 1.67 bits per heavy atom. The summed E-state index contributed by atoms with van der Waals surface area (Å²) >= 11 is 0. The van der Waals surface area contributed by atoms with Crippen LogP contribution in [0.5, 0.6) is 5.75 Å². The number of fused-ring (bicyclic) bond motifs is 1. The molecule has 1 amide bonds. The van der Waals surface area contributed by atoms with Crippen molar-refractivity contribution in [2.45, 2.75) is 37.0 Å². The Bertz CT molecular complexity index is 1030. The molecule has 2 aromatic carbocycles. The van der Waals surface area contributed by atoms with E-state index in [1.54, 1.807) is 12.1 Å². The lowest BCUT2D eigenvalue weighted by Crippen LogP contribution is -2.50. The fourth-order valence-corrected chi connectivity index (χ4v) is 5.52. The van der Waals surface area contributed by atoms with Gasteiger partial charge >= 0.3 is 0 Å². The van der Waals surface area contributed by atoms with E-state index in [-0.39, 0.29) is 18.9 Å². The van der Waals surface area contributed by atoms with E-state index in [0.29, 0.717) is 24.6 Å². The lowest BCUT2D eigenvalue weighted by atomic mass is 9.92. The highest BCUT2D eigenvalue weighted by Crippen LogP contribution is 2.24. The first-order valence-electron chi connectivity index (χ1n) is 11.8. The highest BCUT2D eigenvalue weighted by atomic mass is 32.2. The minimum Gasteiger partial charge on any atom is -0.492 e. The van der Waals surface area contributed by atoms with Gasteiger partial charge in [-0.1, -0.05) is 24.3 Å². The van der Waals surface area contributed by atoms with Gasteiger partial charge in [-0.25, -0.2) is 13.1 Å². The van der Waals surface area contributed by atoms with Crippen LogP contribution >= 0.6 is 0 Å². The molecule has 0 unspecified atom stereocenters. The number of benzene rings is 2. The summed E-state index contributed by atoms with van der Waals surface area (Å²) in [5.41, 5.74) is 2.38. The number of carbonyl (C=O) groups excluding carboxylic acids is 1. The normalized spacial score (nSPS) is 16.9. The van der Waals surface area contributed by atoms with Crippen molar-refractivity contribution < 1.29 is 17.9 Å². The summed E-state index contributed by atoms with van der Waals surface area (Å²) in [5.74, 6) is 0.854. The van der Waals surface area contributed by atoms with E-state index in [9.17, 15) is 13.2 Å². The van der Waals surface area contributed by atoms with Crippen LogP contribution in [0.4, 0.5) is 0 Å². The van der Waals surface area contributed by atoms with E-state index in [4.69, 9.17) is 4.74 Å². The van der Waals surface area contributed by atoms with Crippen LogP contribution < -0.4 is 9.46 Å². The molecule has 33 heavy (non-hydrogen) atoms. The van der Waals surface area contributed by atoms with Crippen molar-refractivity contribution in [2.75, 3.05) is 45.9 Å². The molecule has 2 aromatic rings. The molecule has 0 bridgehead atoms. The summed E-state index contributed by atoms with van der Waals surface area (Å²) in [6.07, 6.45) is 4.38. The van der Waals surface area contributed by atoms with Crippen LogP contribution in [0.25, 0.3) is 0 Å². The van der Waals surface area contributed by atoms with Gasteiger partial charge < -0.3 is 9.64 Å². The molecule has 0 radical (unpaired) electrons. The Balaban J connectivity index is 1.17. The number of rotatable bonds is 9. The summed E-state index contributed by atoms with van der Waals surface area (Å²) in [5, 5.41) is 0. The molecule has 0 atom stereocenters. The molecule has 1 saturated heterocycles. The van der Waals surface area contributed by atoms with E-state index in [0.717, 1.165) is 56.6 Å². The molecule has 7 nitrogen and oxygen atoms in total. The van der Waals surface area contributed by atoms with Gasteiger partial charge in [0.25, 0.3) is 0 Å². The summed E-state index contributed by atoms with van der Waals surface area (Å²) in [4.78, 5) is 17.0. The molecular formula is C25H33N3O4S. The first-order chi connectivity index (χ1) is 16.0. The van der Waals surface area contributed by atoms with Crippen molar-refractivity contribution in [1.29, 1.82) is 0 Å². The zero-order chi connectivity index (χ0) is 23.1. The monoisotopic (exact) mass is 471 g/mol. The van der Waals surface area contributed by atoms with Crippen molar-refractivity contribution in [1.82, 2.24) is 14.5 Å². The smallest absolute Gasteiger partial charge is 0.240 e. The number of nitrogens with zero attached hydrogens (tertiary/aromatic N) is 2. The van der Waals surface area contributed by atoms with Crippen molar-refractivity contribution in [3.63, 3.8) is 0 Å². The number of hydrogen-bond acceptors (Lipinski definition) is 5. The molecule has 4 rings (SSSR count). The maximum Gasteiger partial charge on any atom is 0.240 e. The van der Waals surface area contributed by atoms with Crippen LogP contribution in [0, 0.1) is 0 Å². The Hall–Kier alpha value is -2.42. The molecule has 0 saturated carbocycles. The number of amides is 1. The molecule has 2 aliphatic rings. The van der Waals surface area contributed by atoms with Crippen molar-refractivity contribution in [3.8, 4) is 5.75 Å². The van der Waals surface area contributed by atoms with E-state index < -0.39 is 10.0 Å². The predicted molar refractivity (Wildman–Crippen MR) is 128 cm³/mol. The number of ether oxygens (including phenoxy) is 1. The summed E-state index contributed by atoms with van der Waals surface area (Å²) < 4.78 is 33.7. The van der Waals surface area contributed by atoms with Crippen LogP contribution in [0.3, 0.4) is 0 Å². The van der Waals surface area contributed by atoms with Crippen LogP contribution in [-0.2, 0) is 27.7 Å². The lowest BCUT2D eigenvalue weighted by Gasteiger charge is -2.34. The molecule has 1 heterocycles. The number of sulfonamides is 1. The molecule has 1 fully saturated rings. The van der Waals surface area contributed by atoms with Gasteiger partial charge in [-0.15, -0.1) is 0 Å². The highest BCUT2D eigenvalue weighted by Gasteiger charge is 2.22. The third-order valence-corrected chi connectivity index (χ3v) is 7.86. The predicted octanol–water partition coefficient (Wildman–Crippen LogP) is 2.46. The fourth-order valence-electron chi connectivity index (χ4n) is 4.44. The second-order valence-corrected chi connectivity index (χ2v) is 10.4. The van der Waals surface area contributed by atoms with Crippen molar-refractivity contribution in [2.24, 2.45) is 0 Å². The first-order valence-corrected chi connectivity index (χ1v) is 13.3. The number of carbonyl (C=O) groups is 1. The van der Waals surface area contributed by atoms with E-state index in [1.165, 1.54) is 5.56 Å². The molecular weight excluding hydrogens is 438 g/mol. The maximum atomic E-state index is 12.7. The van der Waals surface area contributed by atoms with Crippen molar-refractivity contribution >= 4 is 15.9 Å². The van der Waals surface area contributed by atoms with Gasteiger partial charge in [-0.3, -0.25) is 9.69 Å². The van der Waals surface area contributed by atoms with E-state index in [1.807, 2.05) is 41.3 Å². The molecule has 178 valence electrons. The van der Waals surface area contributed by atoms with Gasteiger partial charge in [0.1, 0.15) is 12.4 Å². The van der Waals surface area contributed by atoms with Gasteiger partial charge in [0.15, 0.2) is 0 Å². The van der Waals surface area contributed by atoms with E-state index in [2.05, 4.69) is 9.62 Å². The van der Waals surface area contributed by atoms with Crippen LogP contribution in [0.1, 0.15) is 30.4 Å². The zero-order valence-corrected chi connectivity index (χ0v) is 19.9. The third kappa shape index (κ3) is 6.56. The van der Waals surface area contributed by atoms with E-state index >= 15 is 0 Å². The summed E-state index contributed by atoms with van der Waals surface area (Å²) in [7, 11) is -3.61. The summed E-state index contributed by atoms with van der Waals surface area (Å²) in [6, 6.07) is 15.1. The molecule has 0 spiro atoms. The third-order valence-electron chi connectivity index (χ3n) is 6.41. The second kappa shape index (κ2) is 11.1. The molecule has 0 aromatic heterocycles. The SMILES string of the molecule is O=C(CCNS(=O)(=O)c1ccc2c(c1)CCCC2)N1CCN(CCOc2ccccc2)CC1. The molecule has 1 aliphatic carbocycles. The Kier molecular flexibility index (Phi) is 8.01. The fraction of sp³-hybridized carbons (Fsp3) is 0.480. The number of para-hydroxylation sites is 1. The average molecular weight is 472 g/mol. The maximum absolute atomic E-state index is 12.7. The molecule has 1 aliphatic heterocycles. The average Bonchev–Trinajstić information content (AvgIpc) is 2.84. The second-order valence-electron chi connectivity index (χ2n) is 8.67. The van der Waals surface area contributed by atoms with Gasteiger partial charge in [-0.05, 0) is 61.1 Å². The first kappa shape index (κ1) is 23.7. The summed E-state index contributed by atoms with van der Waals surface area (Å²) in [6.45, 7) is 4.45.